The van der Waals surface area contributed by atoms with E-state index in [1.54, 1.807) is 0 Å². The van der Waals surface area contributed by atoms with Crippen molar-refractivity contribution >= 4 is 23.3 Å². The second-order valence-electron chi connectivity index (χ2n) is 4.94. The molecule has 0 aliphatic carbocycles. The first-order valence-corrected chi connectivity index (χ1v) is 7.00. The summed E-state index contributed by atoms with van der Waals surface area (Å²) in [4.78, 5) is 34.1. The summed E-state index contributed by atoms with van der Waals surface area (Å²) in [7, 11) is 0. The van der Waals surface area contributed by atoms with E-state index in [2.05, 4.69) is 5.32 Å². The van der Waals surface area contributed by atoms with Crippen molar-refractivity contribution in [1.29, 1.82) is 0 Å². The predicted molar refractivity (Wildman–Crippen MR) is 83.0 cm³/mol. The minimum atomic E-state index is -1.36. The third-order valence-corrected chi connectivity index (χ3v) is 3.16. The number of nitro benzene ring substituents is 1. The van der Waals surface area contributed by atoms with Gasteiger partial charge in [-0.15, -0.1) is 0 Å². The van der Waals surface area contributed by atoms with Crippen molar-refractivity contribution in [3.63, 3.8) is 0 Å². The average Bonchev–Trinajstić information content (AvgIpc) is 2.57. The fraction of sp³-hybridized carbons (Fsp3) is 0.125. The molecule has 9 heteroatoms. The van der Waals surface area contributed by atoms with Crippen molar-refractivity contribution in [2.45, 2.75) is 13.0 Å². The number of para-hydroxylation sites is 1. The normalized spacial score (nSPS) is 11.5. The third-order valence-electron chi connectivity index (χ3n) is 3.16. The van der Waals surface area contributed by atoms with Gasteiger partial charge in [0.05, 0.1) is 10.6 Å². The molecule has 7 nitrogen and oxygen atoms in total. The van der Waals surface area contributed by atoms with Crippen molar-refractivity contribution in [2.75, 3.05) is 5.32 Å². The van der Waals surface area contributed by atoms with Crippen LogP contribution in [-0.4, -0.2) is 22.9 Å². The molecule has 2 aromatic carbocycles. The first-order chi connectivity index (χ1) is 11.8. The molecule has 25 heavy (non-hydrogen) atoms. The highest BCUT2D eigenvalue weighted by Crippen LogP contribution is 2.20. The highest BCUT2D eigenvalue weighted by molar-refractivity contribution is 5.98. The van der Waals surface area contributed by atoms with E-state index >= 15 is 0 Å². The maximum absolute atomic E-state index is 13.5. The summed E-state index contributed by atoms with van der Waals surface area (Å²) < 4.78 is 31.2. The fourth-order valence-electron chi connectivity index (χ4n) is 1.91. The zero-order chi connectivity index (χ0) is 18.6. The zero-order valence-corrected chi connectivity index (χ0v) is 12.9. The van der Waals surface area contributed by atoms with Crippen LogP contribution in [0.25, 0.3) is 0 Å². The van der Waals surface area contributed by atoms with Gasteiger partial charge >= 0.3 is 5.97 Å². The van der Waals surface area contributed by atoms with E-state index in [9.17, 15) is 28.5 Å². The topological polar surface area (TPSA) is 98.5 Å². The number of rotatable bonds is 5. The molecular weight excluding hydrogens is 338 g/mol. The standard InChI is InChI=1S/C16H12F2N2O5/c1-9(15(21)19-13-7-6-10(17)8-12(13)18)25-16(22)11-4-2-3-5-14(11)20(23)24/h2-9H,1H3,(H,19,21). The molecule has 0 heterocycles. The van der Waals surface area contributed by atoms with Crippen LogP contribution < -0.4 is 5.32 Å². The first-order valence-electron chi connectivity index (χ1n) is 7.00. The number of ether oxygens (including phenoxy) is 1. The molecule has 130 valence electrons. The Kier molecular flexibility index (Phi) is 5.38. The number of hydrogen-bond donors (Lipinski definition) is 1. The van der Waals surface area contributed by atoms with Crippen LogP contribution in [0.15, 0.2) is 42.5 Å². The van der Waals surface area contributed by atoms with Crippen LogP contribution in [0.5, 0.6) is 0 Å². The van der Waals surface area contributed by atoms with Crippen LogP contribution in [0.4, 0.5) is 20.2 Å². The smallest absolute Gasteiger partial charge is 0.345 e. The molecular formula is C16H12F2N2O5. The summed E-state index contributed by atoms with van der Waals surface area (Å²) in [5, 5.41) is 13.0. The van der Waals surface area contributed by atoms with Crippen molar-refractivity contribution in [3.05, 3.63) is 69.8 Å². The number of hydrogen-bond acceptors (Lipinski definition) is 5. The largest absolute Gasteiger partial charge is 0.449 e. The molecule has 0 bridgehead atoms. The number of carbonyl (C=O) groups excluding carboxylic acids is 2. The highest BCUT2D eigenvalue weighted by atomic mass is 19.1. The number of nitrogens with zero attached hydrogens (tertiary/aromatic N) is 1. The van der Waals surface area contributed by atoms with E-state index in [1.165, 1.54) is 25.1 Å². The molecule has 0 saturated carbocycles. The Hall–Kier alpha value is -3.36. The molecule has 1 N–H and O–H groups in total. The molecule has 0 spiro atoms. The second-order valence-corrected chi connectivity index (χ2v) is 4.94. The number of amides is 1. The quantitative estimate of drug-likeness (QED) is 0.508. The minimum Gasteiger partial charge on any atom is -0.449 e. The molecule has 0 aliphatic heterocycles. The van der Waals surface area contributed by atoms with Crippen LogP contribution in [0.1, 0.15) is 17.3 Å². The molecule has 0 fully saturated rings. The number of nitro groups is 1. The molecule has 2 aromatic rings. The molecule has 1 unspecified atom stereocenters. The van der Waals surface area contributed by atoms with Gasteiger partial charge in [-0.2, -0.15) is 0 Å². The summed E-state index contributed by atoms with van der Waals surface area (Å²) in [6.45, 7) is 1.21. The SMILES string of the molecule is CC(OC(=O)c1ccccc1[N+](=O)[O-])C(=O)Nc1ccc(F)cc1F. The summed E-state index contributed by atoms with van der Waals surface area (Å²) in [6, 6.07) is 7.63. The van der Waals surface area contributed by atoms with Crippen molar-refractivity contribution < 1.29 is 28.0 Å². The fourth-order valence-corrected chi connectivity index (χ4v) is 1.91. The number of nitrogens with one attached hydrogen (secondary N) is 1. The van der Waals surface area contributed by atoms with Gasteiger partial charge in [-0.25, -0.2) is 13.6 Å². The summed E-state index contributed by atoms with van der Waals surface area (Å²) in [5.74, 6) is -3.76. The van der Waals surface area contributed by atoms with E-state index < -0.39 is 40.2 Å². The molecule has 2 rings (SSSR count). The minimum absolute atomic E-state index is 0.292. The Morgan fingerprint density at radius 2 is 1.88 bits per heavy atom. The Morgan fingerprint density at radius 1 is 1.20 bits per heavy atom. The molecule has 1 atom stereocenters. The summed E-state index contributed by atoms with van der Waals surface area (Å²) in [5.41, 5.74) is -1.08. The maximum atomic E-state index is 13.5. The Balaban J connectivity index is 2.08. The molecule has 1 amide bonds. The van der Waals surface area contributed by atoms with Gasteiger partial charge in [0, 0.05) is 12.1 Å². The summed E-state index contributed by atoms with van der Waals surface area (Å²) in [6.07, 6.45) is -1.36. The molecule has 0 radical (unpaired) electrons. The number of anilines is 1. The Labute approximate surface area is 140 Å². The van der Waals surface area contributed by atoms with Gasteiger partial charge in [0.2, 0.25) is 0 Å². The lowest BCUT2D eigenvalue weighted by Crippen LogP contribution is -2.30. The number of carbonyl (C=O) groups is 2. The Morgan fingerprint density at radius 3 is 2.52 bits per heavy atom. The van der Waals surface area contributed by atoms with E-state index in [0.29, 0.717) is 6.07 Å². The lowest BCUT2D eigenvalue weighted by Gasteiger charge is -2.14. The lowest BCUT2D eigenvalue weighted by molar-refractivity contribution is -0.385. The van der Waals surface area contributed by atoms with Crippen LogP contribution in [0.2, 0.25) is 0 Å². The Bertz CT molecular complexity index is 841. The average molecular weight is 350 g/mol. The van der Waals surface area contributed by atoms with Gasteiger partial charge in [-0.1, -0.05) is 12.1 Å². The van der Waals surface area contributed by atoms with Crippen LogP contribution >= 0.6 is 0 Å². The van der Waals surface area contributed by atoms with E-state index in [0.717, 1.165) is 18.2 Å². The predicted octanol–water partition coefficient (Wildman–Crippen LogP) is 3.06. The molecule has 0 saturated heterocycles. The number of esters is 1. The number of benzene rings is 2. The number of halogens is 2. The zero-order valence-electron chi connectivity index (χ0n) is 12.9. The van der Waals surface area contributed by atoms with Gasteiger partial charge < -0.3 is 10.1 Å². The van der Waals surface area contributed by atoms with Gasteiger partial charge in [-0.05, 0) is 25.1 Å². The second kappa shape index (κ2) is 7.47. The van der Waals surface area contributed by atoms with E-state index in [1.807, 2.05) is 0 Å². The van der Waals surface area contributed by atoms with Crippen molar-refractivity contribution in [2.24, 2.45) is 0 Å². The molecule has 0 aliphatic rings. The van der Waals surface area contributed by atoms with E-state index in [-0.39, 0.29) is 11.3 Å². The van der Waals surface area contributed by atoms with Gasteiger partial charge in [0.15, 0.2) is 6.10 Å². The lowest BCUT2D eigenvalue weighted by atomic mass is 10.2. The maximum Gasteiger partial charge on any atom is 0.345 e. The first kappa shape index (κ1) is 18.0. The third kappa shape index (κ3) is 4.34. The van der Waals surface area contributed by atoms with Gasteiger partial charge in [-0.3, -0.25) is 14.9 Å². The highest BCUT2D eigenvalue weighted by Gasteiger charge is 2.25. The van der Waals surface area contributed by atoms with Gasteiger partial charge in [0.25, 0.3) is 11.6 Å². The van der Waals surface area contributed by atoms with Gasteiger partial charge in [0.1, 0.15) is 17.2 Å². The van der Waals surface area contributed by atoms with Crippen molar-refractivity contribution in [3.8, 4) is 0 Å². The van der Waals surface area contributed by atoms with Crippen LogP contribution in [0.3, 0.4) is 0 Å². The monoisotopic (exact) mass is 350 g/mol. The van der Waals surface area contributed by atoms with E-state index in [4.69, 9.17) is 4.74 Å². The van der Waals surface area contributed by atoms with Crippen LogP contribution in [-0.2, 0) is 9.53 Å². The van der Waals surface area contributed by atoms with Crippen molar-refractivity contribution in [1.82, 2.24) is 0 Å². The van der Waals surface area contributed by atoms with Crippen LogP contribution in [0, 0.1) is 21.7 Å². The summed E-state index contributed by atoms with van der Waals surface area (Å²) >= 11 is 0. The molecule has 0 aromatic heterocycles.